The van der Waals surface area contributed by atoms with Crippen molar-refractivity contribution in [1.82, 2.24) is 25.1 Å². The molecule has 0 fully saturated rings. The van der Waals surface area contributed by atoms with E-state index in [0.29, 0.717) is 28.9 Å². The van der Waals surface area contributed by atoms with Gasteiger partial charge in [0.05, 0.1) is 51.6 Å². The average Bonchev–Trinajstić information content (AvgIpc) is 3.90. The summed E-state index contributed by atoms with van der Waals surface area (Å²) in [7, 11) is 4.78. The minimum atomic E-state index is -0.442. The number of hydrazone groups is 1. The molecule has 1 atom stereocenters. The maximum Gasteiger partial charge on any atom is 0.287 e. The van der Waals surface area contributed by atoms with E-state index in [4.69, 9.17) is 23.7 Å². The van der Waals surface area contributed by atoms with Crippen molar-refractivity contribution in [3.8, 4) is 22.9 Å². The number of methoxy groups -OCH3 is 3. The van der Waals surface area contributed by atoms with Crippen LogP contribution in [0, 0.1) is 6.92 Å². The van der Waals surface area contributed by atoms with Gasteiger partial charge < -0.3 is 23.9 Å². The van der Waals surface area contributed by atoms with Gasteiger partial charge in [-0.3, -0.25) is 14.2 Å². The number of hydrogen-bond acceptors (Lipinski definition) is 10. The number of thioether (sulfide) groups is 1. The Hall–Kier alpha value is -5.56. The number of aromatic nitrogens is 3. The number of carbonyl (C=O) groups excluding carboxylic acids is 2. The first-order valence-electron chi connectivity index (χ1n) is 15.1. The van der Waals surface area contributed by atoms with Gasteiger partial charge in [0.15, 0.2) is 28.2 Å². The van der Waals surface area contributed by atoms with Crippen molar-refractivity contribution in [1.29, 1.82) is 0 Å². The number of para-hydroxylation sites is 1. The molecule has 2 amide bonds. The van der Waals surface area contributed by atoms with Crippen LogP contribution in [0.25, 0.3) is 5.69 Å². The maximum absolute atomic E-state index is 14.1. The quantitative estimate of drug-likeness (QED) is 0.169. The Morgan fingerprint density at radius 1 is 0.958 bits per heavy atom. The van der Waals surface area contributed by atoms with Crippen molar-refractivity contribution in [3.63, 3.8) is 0 Å². The summed E-state index contributed by atoms with van der Waals surface area (Å²) in [5, 5.41) is 18.5. The van der Waals surface area contributed by atoms with Crippen LogP contribution in [0.15, 0.2) is 99.8 Å². The van der Waals surface area contributed by atoms with Crippen LogP contribution in [0.4, 0.5) is 0 Å². The van der Waals surface area contributed by atoms with Crippen molar-refractivity contribution in [2.75, 3.05) is 27.1 Å². The highest BCUT2D eigenvalue weighted by molar-refractivity contribution is 7.99. The molecule has 12 nitrogen and oxygen atoms in total. The third-order valence-electron chi connectivity index (χ3n) is 7.82. The van der Waals surface area contributed by atoms with Crippen LogP contribution in [-0.2, 0) is 11.3 Å². The topological polar surface area (TPSA) is 133 Å². The lowest BCUT2D eigenvalue weighted by atomic mass is 9.97. The fraction of sp³-hybridized carbons (Fsp3) is 0.229. The highest BCUT2D eigenvalue weighted by Crippen LogP contribution is 2.42. The van der Waals surface area contributed by atoms with Crippen molar-refractivity contribution >= 4 is 29.3 Å². The van der Waals surface area contributed by atoms with E-state index in [0.717, 1.165) is 33.8 Å². The predicted molar refractivity (Wildman–Crippen MR) is 180 cm³/mol. The van der Waals surface area contributed by atoms with Crippen LogP contribution in [0.2, 0.25) is 0 Å². The fourth-order valence-corrected chi connectivity index (χ4v) is 6.32. The van der Waals surface area contributed by atoms with Crippen molar-refractivity contribution < 1.29 is 28.2 Å². The molecule has 2 aromatic heterocycles. The number of nitrogens with one attached hydrogen (secondary N) is 1. The number of furan rings is 1. The average molecular weight is 667 g/mol. The summed E-state index contributed by atoms with van der Waals surface area (Å²) < 4.78 is 23.7. The second-order valence-electron chi connectivity index (χ2n) is 10.8. The third-order valence-corrected chi connectivity index (χ3v) is 8.73. The van der Waals surface area contributed by atoms with E-state index in [1.807, 2.05) is 78.2 Å². The Morgan fingerprint density at radius 3 is 2.48 bits per heavy atom. The summed E-state index contributed by atoms with van der Waals surface area (Å²) in [6.45, 7) is 2.08. The number of benzene rings is 3. The smallest absolute Gasteiger partial charge is 0.287 e. The molecule has 6 rings (SSSR count). The van der Waals surface area contributed by atoms with E-state index in [9.17, 15) is 9.59 Å². The van der Waals surface area contributed by atoms with Gasteiger partial charge in [0.25, 0.3) is 11.8 Å². The first kappa shape index (κ1) is 32.4. The summed E-state index contributed by atoms with van der Waals surface area (Å²) in [4.78, 5) is 26.7. The largest absolute Gasteiger partial charge is 0.497 e. The van der Waals surface area contributed by atoms with Gasteiger partial charge in [-0.2, -0.15) is 5.10 Å². The van der Waals surface area contributed by atoms with Crippen LogP contribution >= 0.6 is 11.8 Å². The zero-order valence-electron chi connectivity index (χ0n) is 26.9. The van der Waals surface area contributed by atoms with Gasteiger partial charge in [0.1, 0.15) is 5.75 Å². The Balaban J connectivity index is 1.29. The molecule has 48 heavy (non-hydrogen) atoms. The van der Waals surface area contributed by atoms with E-state index >= 15 is 0 Å². The first-order chi connectivity index (χ1) is 23.4. The van der Waals surface area contributed by atoms with E-state index in [2.05, 4.69) is 15.5 Å². The molecule has 0 saturated heterocycles. The number of rotatable bonds is 12. The molecular formula is C35H34N6O6S. The standard InChI is InChI=1S/C35H34N6O6S/c1-22-8-5-9-24(18-22)40-31(20-36-34(43)30-12-7-17-47-30)37-38-35(40)48-21-32(42)41-28(26-10-6-11-29(45-3)33(26)46-4)19-27(39-41)23-13-15-25(44-2)16-14-23/h5-18,28H,19-21H2,1-4H3,(H,36,43). The predicted octanol–water partition coefficient (Wildman–Crippen LogP) is 5.59. The zero-order chi connectivity index (χ0) is 33.6. The van der Waals surface area contributed by atoms with Gasteiger partial charge in [0, 0.05) is 17.7 Å². The molecule has 0 radical (unpaired) electrons. The number of nitrogens with zero attached hydrogens (tertiary/aromatic N) is 5. The lowest BCUT2D eigenvalue weighted by Gasteiger charge is -2.24. The number of aryl methyl sites for hydroxylation is 1. The molecule has 1 aliphatic heterocycles. The molecule has 1 unspecified atom stereocenters. The molecule has 3 heterocycles. The van der Waals surface area contributed by atoms with E-state index < -0.39 is 6.04 Å². The SMILES string of the molecule is COc1ccc(C2=NN(C(=O)CSc3nnc(CNC(=O)c4ccco4)n3-c3cccc(C)c3)C(c3cccc(OC)c3OC)C2)cc1. The van der Waals surface area contributed by atoms with Gasteiger partial charge in [0.2, 0.25) is 0 Å². The lowest BCUT2D eigenvalue weighted by molar-refractivity contribution is -0.130. The minimum Gasteiger partial charge on any atom is -0.497 e. The number of amides is 2. The van der Waals surface area contributed by atoms with Crippen molar-refractivity contribution in [3.05, 3.63) is 113 Å². The number of hydrogen-bond donors (Lipinski definition) is 1. The lowest BCUT2D eigenvalue weighted by Crippen LogP contribution is -2.29. The molecule has 3 aromatic carbocycles. The zero-order valence-corrected chi connectivity index (χ0v) is 27.7. The Bertz CT molecular complexity index is 1940. The van der Waals surface area contributed by atoms with Crippen LogP contribution in [-0.4, -0.2) is 64.4 Å². The van der Waals surface area contributed by atoms with Gasteiger partial charge in [-0.05, 0) is 72.6 Å². The molecule has 5 aromatic rings. The molecule has 0 bridgehead atoms. The fourth-order valence-electron chi connectivity index (χ4n) is 5.50. The summed E-state index contributed by atoms with van der Waals surface area (Å²) in [5.41, 5.74) is 4.25. The van der Waals surface area contributed by atoms with E-state index in [1.165, 1.54) is 23.0 Å². The van der Waals surface area contributed by atoms with Crippen LogP contribution < -0.4 is 19.5 Å². The molecule has 0 aliphatic carbocycles. The molecule has 0 saturated carbocycles. The molecule has 1 N–H and O–H groups in total. The highest BCUT2D eigenvalue weighted by atomic mass is 32.2. The van der Waals surface area contributed by atoms with Crippen LogP contribution in [0.1, 0.15) is 45.5 Å². The molecule has 246 valence electrons. The third kappa shape index (κ3) is 6.76. The van der Waals surface area contributed by atoms with Gasteiger partial charge >= 0.3 is 0 Å². The summed E-state index contributed by atoms with van der Waals surface area (Å²) in [5.74, 6) is 1.94. The summed E-state index contributed by atoms with van der Waals surface area (Å²) in [6.07, 6.45) is 1.90. The van der Waals surface area contributed by atoms with E-state index in [1.54, 1.807) is 33.5 Å². The van der Waals surface area contributed by atoms with Crippen molar-refractivity contribution in [2.45, 2.75) is 31.1 Å². The van der Waals surface area contributed by atoms with Crippen LogP contribution in [0.5, 0.6) is 17.2 Å². The normalized spacial score (nSPS) is 14.0. The monoisotopic (exact) mass is 666 g/mol. The summed E-state index contributed by atoms with van der Waals surface area (Å²) >= 11 is 1.24. The highest BCUT2D eigenvalue weighted by Gasteiger charge is 2.36. The number of carbonyl (C=O) groups is 2. The number of ether oxygens (including phenoxy) is 3. The second-order valence-corrected chi connectivity index (χ2v) is 11.8. The Labute approximate surface area is 281 Å². The Morgan fingerprint density at radius 2 is 1.77 bits per heavy atom. The van der Waals surface area contributed by atoms with Gasteiger partial charge in [-0.1, -0.05) is 36.0 Å². The minimum absolute atomic E-state index is 0.0187. The first-order valence-corrected chi connectivity index (χ1v) is 16.1. The van der Waals surface area contributed by atoms with Gasteiger partial charge in [-0.25, -0.2) is 5.01 Å². The summed E-state index contributed by atoms with van der Waals surface area (Å²) in [6, 6.07) is 23.8. The molecule has 13 heteroatoms. The maximum atomic E-state index is 14.1. The van der Waals surface area contributed by atoms with Crippen molar-refractivity contribution in [2.24, 2.45) is 5.10 Å². The van der Waals surface area contributed by atoms with E-state index in [-0.39, 0.29) is 29.9 Å². The Kier molecular flexibility index (Phi) is 9.76. The molecule has 0 spiro atoms. The second kappa shape index (κ2) is 14.5. The molecular weight excluding hydrogens is 632 g/mol. The van der Waals surface area contributed by atoms with Gasteiger partial charge in [-0.15, -0.1) is 10.2 Å². The van der Waals surface area contributed by atoms with Crippen LogP contribution in [0.3, 0.4) is 0 Å². The molecule has 1 aliphatic rings.